The lowest BCUT2D eigenvalue weighted by atomic mass is 10.0. The Hall–Kier alpha value is -2.26. The summed E-state index contributed by atoms with van der Waals surface area (Å²) >= 11 is 0. The van der Waals surface area contributed by atoms with E-state index in [-0.39, 0.29) is 28.9 Å². The summed E-state index contributed by atoms with van der Waals surface area (Å²) in [6.45, 7) is 6.39. The van der Waals surface area contributed by atoms with Gasteiger partial charge in [-0.1, -0.05) is 56.3 Å². The summed E-state index contributed by atoms with van der Waals surface area (Å²) in [5, 5.41) is 3.01. The number of nitrogens with zero attached hydrogens (tertiary/aromatic N) is 1. The van der Waals surface area contributed by atoms with Gasteiger partial charge in [0.05, 0.1) is 10.9 Å². The Morgan fingerprint density at radius 2 is 1.70 bits per heavy atom. The highest BCUT2D eigenvalue weighted by atomic mass is 32.2. The molecule has 2 aromatic carbocycles. The molecule has 1 amide bonds. The molecule has 3 atom stereocenters. The summed E-state index contributed by atoms with van der Waals surface area (Å²) in [7, 11) is -3.48. The van der Waals surface area contributed by atoms with E-state index in [4.69, 9.17) is 0 Å². The summed E-state index contributed by atoms with van der Waals surface area (Å²) in [6.07, 6.45) is 0.656. The van der Waals surface area contributed by atoms with Crippen LogP contribution >= 0.6 is 0 Å². The molecule has 0 spiro atoms. The Labute approximate surface area is 178 Å². The third-order valence-corrected chi connectivity index (χ3v) is 7.57. The number of carbonyl (C=O) groups is 1. The van der Waals surface area contributed by atoms with E-state index in [0.29, 0.717) is 19.5 Å². The molecule has 1 aliphatic rings. The minimum Gasteiger partial charge on any atom is -0.348 e. The van der Waals surface area contributed by atoms with Crippen molar-refractivity contribution in [3.05, 3.63) is 65.7 Å². The molecular weight excluding hydrogens is 400 g/mol. The summed E-state index contributed by atoms with van der Waals surface area (Å²) in [4.78, 5) is 12.9. The minimum atomic E-state index is -3.48. The maximum atomic E-state index is 12.7. The van der Waals surface area contributed by atoms with Crippen molar-refractivity contribution in [2.75, 3.05) is 13.1 Å². The molecule has 8 heteroatoms. The third kappa shape index (κ3) is 4.89. The Morgan fingerprint density at radius 3 is 2.30 bits per heavy atom. The maximum absolute atomic E-state index is 12.7. The van der Waals surface area contributed by atoms with Gasteiger partial charge >= 0.3 is 0 Å². The van der Waals surface area contributed by atoms with Crippen LogP contribution in [0.25, 0.3) is 0 Å². The summed E-state index contributed by atoms with van der Waals surface area (Å²) in [5.74, 6) is -0.0896. The minimum absolute atomic E-state index is 0.0850. The van der Waals surface area contributed by atoms with E-state index in [0.717, 1.165) is 11.1 Å². The lowest BCUT2D eigenvalue weighted by Crippen LogP contribution is -2.43. The molecule has 1 saturated heterocycles. The van der Waals surface area contributed by atoms with Gasteiger partial charge in [0.25, 0.3) is 0 Å². The molecule has 1 aliphatic heterocycles. The Bertz CT molecular complexity index is 944. The van der Waals surface area contributed by atoms with Crippen LogP contribution in [0.5, 0.6) is 0 Å². The number of hydrogen-bond acceptors (Lipinski definition) is 5. The fourth-order valence-corrected chi connectivity index (χ4v) is 5.13. The van der Waals surface area contributed by atoms with Crippen molar-refractivity contribution >= 4 is 15.9 Å². The zero-order valence-electron chi connectivity index (χ0n) is 17.6. The van der Waals surface area contributed by atoms with Gasteiger partial charge in [0.15, 0.2) is 0 Å². The van der Waals surface area contributed by atoms with Crippen LogP contribution < -0.4 is 16.2 Å². The van der Waals surface area contributed by atoms with Gasteiger partial charge in [-0.25, -0.2) is 19.3 Å². The second-order valence-corrected chi connectivity index (χ2v) is 9.37. The first-order valence-electron chi connectivity index (χ1n) is 10.3. The van der Waals surface area contributed by atoms with E-state index >= 15 is 0 Å². The highest BCUT2D eigenvalue weighted by molar-refractivity contribution is 7.89. The first-order chi connectivity index (χ1) is 14.4. The van der Waals surface area contributed by atoms with E-state index in [9.17, 15) is 13.2 Å². The smallest absolute Gasteiger partial charge is 0.243 e. The average Bonchev–Trinajstić information content (AvgIpc) is 3.25. The normalized spacial score (nSPS) is 20.3. The second kappa shape index (κ2) is 9.70. The maximum Gasteiger partial charge on any atom is 0.243 e. The fourth-order valence-electron chi connectivity index (χ4n) is 3.67. The Morgan fingerprint density at radius 1 is 1.07 bits per heavy atom. The lowest BCUT2D eigenvalue weighted by Gasteiger charge is -2.20. The molecule has 162 valence electrons. The number of nitrogens with one attached hydrogen (secondary N) is 3. The predicted octanol–water partition coefficient (Wildman–Crippen LogP) is 2.50. The quantitative estimate of drug-likeness (QED) is 0.599. The molecule has 3 rings (SSSR count). The van der Waals surface area contributed by atoms with Crippen molar-refractivity contribution in [3.8, 4) is 0 Å². The third-order valence-electron chi connectivity index (χ3n) is 5.50. The predicted molar refractivity (Wildman–Crippen MR) is 117 cm³/mol. The van der Waals surface area contributed by atoms with Crippen LogP contribution in [0.15, 0.2) is 59.5 Å². The van der Waals surface area contributed by atoms with Gasteiger partial charge in [-0.05, 0) is 36.6 Å². The Balaban J connectivity index is 1.61. The highest BCUT2D eigenvalue weighted by Gasteiger charge is 2.30. The number of benzene rings is 2. The van der Waals surface area contributed by atoms with Gasteiger partial charge in [-0.3, -0.25) is 4.79 Å². The molecule has 30 heavy (non-hydrogen) atoms. The van der Waals surface area contributed by atoms with E-state index in [1.165, 1.54) is 4.31 Å². The van der Waals surface area contributed by atoms with Crippen molar-refractivity contribution < 1.29 is 13.2 Å². The van der Waals surface area contributed by atoms with Crippen molar-refractivity contribution in [2.24, 2.45) is 0 Å². The number of amides is 1. The van der Waals surface area contributed by atoms with Gasteiger partial charge in [0.1, 0.15) is 6.04 Å². The van der Waals surface area contributed by atoms with Crippen LogP contribution in [0.4, 0.5) is 0 Å². The molecule has 7 nitrogen and oxygen atoms in total. The molecule has 1 fully saturated rings. The first-order valence-corrected chi connectivity index (χ1v) is 11.8. The largest absolute Gasteiger partial charge is 0.348 e. The van der Waals surface area contributed by atoms with Gasteiger partial charge in [0.2, 0.25) is 15.9 Å². The van der Waals surface area contributed by atoms with Crippen molar-refractivity contribution in [1.29, 1.82) is 0 Å². The number of hydrazine groups is 1. The van der Waals surface area contributed by atoms with Gasteiger partial charge in [0, 0.05) is 19.1 Å². The van der Waals surface area contributed by atoms with Crippen LogP contribution in [0.2, 0.25) is 0 Å². The van der Waals surface area contributed by atoms with Crippen molar-refractivity contribution in [3.63, 3.8) is 0 Å². The second-order valence-electron chi connectivity index (χ2n) is 7.43. The van der Waals surface area contributed by atoms with Crippen LogP contribution in [0, 0.1) is 0 Å². The zero-order chi connectivity index (χ0) is 21.7. The molecule has 0 radical (unpaired) electrons. The molecule has 3 N–H and O–H groups in total. The highest BCUT2D eigenvalue weighted by Crippen LogP contribution is 2.23. The number of sulfonamides is 1. The number of carbonyl (C=O) groups excluding carboxylic acids is 1. The molecular formula is C22H30N4O3S. The molecule has 0 bridgehead atoms. The van der Waals surface area contributed by atoms with Crippen LogP contribution in [0.3, 0.4) is 0 Å². The molecule has 1 heterocycles. The van der Waals surface area contributed by atoms with E-state index in [2.05, 4.69) is 16.2 Å². The molecule has 3 unspecified atom stereocenters. The van der Waals surface area contributed by atoms with Crippen LogP contribution in [-0.4, -0.2) is 37.8 Å². The standard InChI is InChI=1S/C22H30N4O3S/c1-4-26(5-2)30(28,29)19-13-11-17(12-14-19)16(3)23-22(27)21-15-20(24-25-21)18-9-7-6-8-10-18/h6-14,16,20-21,24-25H,4-5,15H2,1-3H3,(H,23,27). The number of rotatable bonds is 8. The van der Waals surface area contributed by atoms with Crippen molar-refractivity contribution in [2.45, 2.75) is 50.2 Å². The fraction of sp³-hybridized carbons (Fsp3) is 0.409. The molecule has 0 saturated carbocycles. The van der Waals surface area contributed by atoms with Gasteiger partial charge < -0.3 is 5.32 Å². The van der Waals surface area contributed by atoms with Gasteiger partial charge in [-0.15, -0.1) is 0 Å². The van der Waals surface area contributed by atoms with Crippen molar-refractivity contribution in [1.82, 2.24) is 20.5 Å². The SMILES string of the molecule is CCN(CC)S(=O)(=O)c1ccc(C(C)NC(=O)C2CC(c3ccccc3)NN2)cc1. The summed E-state index contributed by atoms with van der Waals surface area (Å²) in [6, 6.07) is 16.2. The molecule has 0 aromatic heterocycles. The van der Waals surface area contributed by atoms with Crippen LogP contribution in [0.1, 0.15) is 50.4 Å². The summed E-state index contributed by atoms with van der Waals surface area (Å²) < 4.78 is 26.7. The average molecular weight is 431 g/mol. The molecule has 0 aliphatic carbocycles. The topological polar surface area (TPSA) is 90.5 Å². The monoisotopic (exact) mass is 430 g/mol. The van der Waals surface area contributed by atoms with E-state index < -0.39 is 10.0 Å². The van der Waals surface area contributed by atoms with Crippen LogP contribution in [-0.2, 0) is 14.8 Å². The van der Waals surface area contributed by atoms with E-state index in [1.807, 2.05) is 51.1 Å². The first kappa shape index (κ1) is 22.4. The van der Waals surface area contributed by atoms with E-state index in [1.54, 1.807) is 24.3 Å². The van der Waals surface area contributed by atoms with Gasteiger partial charge in [-0.2, -0.15) is 4.31 Å². The number of hydrogen-bond donors (Lipinski definition) is 3. The zero-order valence-corrected chi connectivity index (χ0v) is 18.4. The Kier molecular flexibility index (Phi) is 7.25. The lowest BCUT2D eigenvalue weighted by molar-refractivity contribution is -0.123. The summed E-state index contributed by atoms with van der Waals surface area (Å²) in [5.41, 5.74) is 8.24. The molecule has 2 aromatic rings.